The maximum atomic E-state index is 11.9. The van der Waals surface area contributed by atoms with Gasteiger partial charge in [-0.1, -0.05) is 17.7 Å². The van der Waals surface area contributed by atoms with E-state index in [1.54, 1.807) is 11.9 Å². The lowest BCUT2D eigenvalue weighted by molar-refractivity contribution is -0.116. The molecule has 0 unspecified atom stereocenters. The number of hydrogen-bond donors (Lipinski definition) is 2. The van der Waals surface area contributed by atoms with E-state index in [0.29, 0.717) is 0 Å². The summed E-state index contributed by atoms with van der Waals surface area (Å²) in [6.07, 6.45) is 0. The Balaban J connectivity index is 1.86. The highest BCUT2D eigenvalue weighted by Gasteiger charge is 2.06. The van der Waals surface area contributed by atoms with Gasteiger partial charge in [0.25, 0.3) is 0 Å². The summed E-state index contributed by atoms with van der Waals surface area (Å²) in [6, 6.07) is 15.0. The Morgan fingerprint density at radius 2 is 1.52 bits per heavy atom. The van der Waals surface area contributed by atoms with Gasteiger partial charge in [-0.15, -0.1) is 0 Å². The number of carbonyl (C=O) groups excluding carboxylic acids is 2. The molecule has 0 aromatic heterocycles. The monoisotopic (exact) mass is 311 g/mol. The average molecular weight is 311 g/mol. The second-order valence-corrected chi connectivity index (χ2v) is 5.39. The third-order valence-corrected chi connectivity index (χ3v) is 3.52. The first-order chi connectivity index (χ1) is 11.0. The predicted octanol–water partition coefficient (Wildman–Crippen LogP) is 3.03. The summed E-state index contributed by atoms with van der Waals surface area (Å²) in [5, 5.41) is 5.89. The van der Waals surface area contributed by atoms with E-state index < -0.39 is 0 Å². The zero-order valence-electron chi connectivity index (χ0n) is 13.6. The molecule has 0 aliphatic heterocycles. The molecule has 0 fully saturated rings. The van der Waals surface area contributed by atoms with Gasteiger partial charge in [0, 0.05) is 31.0 Å². The lowest BCUT2D eigenvalue weighted by Crippen LogP contribution is -2.23. The molecule has 2 N–H and O–H groups in total. The summed E-state index contributed by atoms with van der Waals surface area (Å²) < 4.78 is 0. The zero-order chi connectivity index (χ0) is 16.8. The van der Waals surface area contributed by atoms with Gasteiger partial charge in [-0.05, 0) is 43.3 Å². The van der Waals surface area contributed by atoms with Gasteiger partial charge >= 0.3 is 0 Å². The van der Waals surface area contributed by atoms with Crippen molar-refractivity contribution < 1.29 is 9.59 Å². The molecule has 2 rings (SSSR count). The fourth-order valence-corrected chi connectivity index (χ4v) is 2.01. The highest BCUT2D eigenvalue weighted by molar-refractivity contribution is 5.94. The summed E-state index contributed by atoms with van der Waals surface area (Å²) in [6.45, 7) is 3.69. The Labute approximate surface area is 136 Å². The quantitative estimate of drug-likeness (QED) is 0.892. The first kappa shape index (κ1) is 16.5. The molecule has 2 aromatic carbocycles. The third-order valence-electron chi connectivity index (χ3n) is 3.52. The van der Waals surface area contributed by atoms with Crippen LogP contribution in [-0.2, 0) is 9.59 Å². The van der Waals surface area contributed by atoms with Crippen LogP contribution in [0.4, 0.5) is 17.1 Å². The SMILES string of the molecule is CC(=O)N(C)c1ccc(NCC(=O)Nc2ccc(C)cc2)cc1. The van der Waals surface area contributed by atoms with Crippen LogP contribution < -0.4 is 15.5 Å². The normalized spacial score (nSPS) is 10.0. The first-order valence-corrected chi connectivity index (χ1v) is 7.40. The molecule has 2 aromatic rings. The zero-order valence-corrected chi connectivity index (χ0v) is 13.6. The molecule has 0 atom stereocenters. The number of nitrogens with zero attached hydrogens (tertiary/aromatic N) is 1. The molecule has 0 bridgehead atoms. The Hall–Kier alpha value is -2.82. The molecule has 0 saturated heterocycles. The van der Waals surface area contributed by atoms with Gasteiger partial charge in [-0.2, -0.15) is 0 Å². The van der Waals surface area contributed by atoms with E-state index >= 15 is 0 Å². The van der Waals surface area contributed by atoms with E-state index in [0.717, 1.165) is 22.6 Å². The molecular weight excluding hydrogens is 290 g/mol. The van der Waals surface area contributed by atoms with E-state index in [1.807, 2.05) is 55.5 Å². The molecule has 0 heterocycles. The first-order valence-electron chi connectivity index (χ1n) is 7.40. The third kappa shape index (κ3) is 4.85. The molecule has 0 saturated carbocycles. The van der Waals surface area contributed by atoms with Crippen molar-refractivity contribution >= 4 is 28.9 Å². The van der Waals surface area contributed by atoms with E-state index in [9.17, 15) is 9.59 Å². The molecule has 0 aliphatic rings. The van der Waals surface area contributed by atoms with Crippen LogP contribution in [0.1, 0.15) is 12.5 Å². The van der Waals surface area contributed by atoms with Crippen LogP contribution in [0.5, 0.6) is 0 Å². The van der Waals surface area contributed by atoms with Crippen molar-refractivity contribution in [2.75, 3.05) is 29.1 Å². The molecule has 5 heteroatoms. The van der Waals surface area contributed by atoms with Crippen molar-refractivity contribution in [1.29, 1.82) is 0 Å². The summed E-state index contributed by atoms with van der Waals surface area (Å²) in [4.78, 5) is 24.8. The fourth-order valence-electron chi connectivity index (χ4n) is 2.01. The second kappa shape index (κ2) is 7.45. The van der Waals surface area contributed by atoms with Crippen molar-refractivity contribution in [3.05, 3.63) is 54.1 Å². The lowest BCUT2D eigenvalue weighted by Gasteiger charge is -2.15. The van der Waals surface area contributed by atoms with Crippen LogP contribution in [0.25, 0.3) is 0 Å². The molecule has 0 aliphatic carbocycles. The van der Waals surface area contributed by atoms with Crippen LogP contribution in [0.15, 0.2) is 48.5 Å². The van der Waals surface area contributed by atoms with E-state index in [4.69, 9.17) is 0 Å². The molecule has 5 nitrogen and oxygen atoms in total. The van der Waals surface area contributed by atoms with Crippen molar-refractivity contribution in [2.24, 2.45) is 0 Å². The molecule has 0 spiro atoms. The molecule has 23 heavy (non-hydrogen) atoms. The Kier molecular flexibility index (Phi) is 5.36. The van der Waals surface area contributed by atoms with Crippen LogP contribution in [0, 0.1) is 6.92 Å². The number of anilines is 3. The largest absolute Gasteiger partial charge is 0.376 e. The molecule has 2 amide bonds. The Morgan fingerprint density at radius 3 is 2.09 bits per heavy atom. The number of carbonyl (C=O) groups is 2. The van der Waals surface area contributed by atoms with Crippen molar-refractivity contribution in [1.82, 2.24) is 0 Å². The van der Waals surface area contributed by atoms with Gasteiger partial charge in [0.05, 0.1) is 6.54 Å². The fraction of sp³-hybridized carbons (Fsp3) is 0.222. The minimum atomic E-state index is -0.112. The molecule has 0 radical (unpaired) electrons. The maximum Gasteiger partial charge on any atom is 0.243 e. The van der Waals surface area contributed by atoms with Crippen molar-refractivity contribution in [3.63, 3.8) is 0 Å². The summed E-state index contributed by atoms with van der Waals surface area (Å²) in [7, 11) is 1.72. The number of aryl methyl sites for hydroxylation is 1. The Morgan fingerprint density at radius 1 is 0.957 bits per heavy atom. The standard InChI is InChI=1S/C18H21N3O2/c1-13-4-6-16(7-5-13)20-18(23)12-19-15-8-10-17(11-9-15)21(3)14(2)22/h4-11,19H,12H2,1-3H3,(H,20,23). The number of benzene rings is 2. The van der Waals surface area contributed by atoms with Crippen molar-refractivity contribution in [3.8, 4) is 0 Å². The van der Waals surface area contributed by atoms with Gasteiger partial charge in [0.1, 0.15) is 0 Å². The summed E-state index contributed by atoms with van der Waals surface area (Å²) in [5.41, 5.74) is 3.56. The van der Waals surface area contributed by atoms with E-state index in [-0.39, 0.29) is 18.4 Å². The predicted molar refractivity (Wildman–Crippen MR) is 93.8 cm³/mol. The van der Waals surface area contributed by atoms with Gasteiger partial charge in [-0.25, -0.2) is 0 Å². The Bertz CT molecular complexity index is 678. The van der Waals surface area contributed by atoms with Gasteiger partial charge in [0.2, 0.25) is 11.8 Å². The van der Waals surface area contributed by atoms with Crippen LogP contribution in [0.2, 0.25) is 0 Å². The topological polar surface area (TPSA) is 61.4 Å². The smallest absolute Gasteiger partial charge is 0.243 e. The van der Waals surface area contributed by atoms with Gasteiger partial charge in [-0.3, -0.25) is 9.59 Å². The van der Waals surface area contributed by atoms with E-state index in [1.165, 1.54) is 6.92 Å². The number of nitrogens with one attached hydrogen (secondary N) is 2. The minimum absolute atomic E-state index is 0.0248. The number of hydrogen-bond acceptors (Lipinski definition) is 3. The van der Waals surface area contributed by atoms with Gasteiger partial charge in [0.15, 0.2) is 0 Å². The minimum Gasteiger partial charge on any atom is -0.376 e. The van der Waals surface area contributed by atoms with Crippen LogP contribution >= 0.6 is 0 Å². The van der Waals surface area contributed by atoms with Crippen LogP contribution in [0.3, 0.4) is 0 Å². The van der Waals surface area contributed by atoms with Gasteiger partial charge < -0.3 is 15.5 Å². The molecular formula is C18H21N3O2. The highest BCUT2D eigenvalue weighted by Crippen LogP contribution is 2.17. The summed E-state index contributed by atoms with van der Waals surface area (Å²) in [5.74, 6) is -0.137. The van der Waals surface area contributed by atoms with Crippen molar-refractivity contribution in [2.45, 2.75) is 13.8 Å². The highest BCUT2D eigenvalue weighted by atomic mass is 16.2. The molecule has 120 valence electrons. The number of rotatable bonds is 5. The van der Waals surface area contributed by atoms with E-state index in [2.05, 4.69) is 10.6 Å². The average Bonchev–Trinajstić information content (AvgIpc) is 2.55. The number of amides is 2. The second-order valence-electron chi connectivity index (χ2n) is 5.39. The van der Waals surface area contributed by atoms with Crippen LogP contribution in [-0.4, -0.2) is 25.4 Å². The summed E-state index contributed by atoms with van der Waals surface area (Å²) >= 11 is 0. The lowest BCUT2D eigenvalue weighted by atomic mass is 10.2. The maximum absolute atomic E-state index is 11.9.